The van der Waals surface area contributed by atoms with Crippen LogP contribution in [0.15, 0.2) is 12.1 Å². The van der Waals surface area contributed by atoms with E-state index >= 15 is 0 Å². The average Bonchev–Trinajstić information content (AvgIpc) is 2.20. The summed E-state index contributed by atoms with van der Waals surface area (Å²) in [5.41, 5.74) is 6.99. The van der Waals surface area contributed by atoms with Gasteiger partial charge in [-0.05, 0) is 37.5 Å². The summed E-state index contributed by atoms with van der Waals surface area (Å²) in [4.78, 5) is 0. The van der Waals surface area contributed by atoms with Gasteiger partial charge in [-0.15, -0.1) is 0 Å². The molecule has 3 N–H and O–H groups in total. The van der Waals surface area contributed by atoms with E-state index in [0.717, 1.165) is 17.9 Å². The van der Waals surface area contributed by atoms with Gasteiger partial charge in [-0.25, -0.2) is 0 Å². The van der Waals surface area contributed by atoms with E-state index in [1.54, 1.807) is 12.1 Å². The van der Waals surface area contributed by atoms with Gasteiger partial charge in [0.1, 0.15) is 0 Å². The Balaban J connectivity index is 2.73. The third-order valence-electron chi connectivity index (χ3n) is 2.21. The highest BCUT2D eigenvalue weighted by Crippen LogP contribution is 2.33. The van der Waals surface area contributed by atoms with Crippen LogP contribution in [0.25, 0.3) is 0 Å². The molecule has 0 aliphatic heterocycles. The van der Waals surface area contributed by atoms with Gasteiger partial charge < -0.3 is 11.1 Å². The fourth-order valence-corrected chi connectivity index (χ4v) is 2.55. The molecular weight excluding hydrogens is 263 g/mol. The van der Waals surface area contributed by atoms with Gasteiger partial charge >= 0.3 is 0 Å². The van der Waals surface area contributed by atoms with Crippen molar-refractivity contribution in [2.24, 2.45) is 0 Å². The molecule has 0 bridgehead atoms. The molecule has 1 rings (SSSR count). The number of anilines is 2. The number of nitrogen functional groups attached to an aromatic ring is 1. The van der Waals surface area contributed by atoms with Crippen LogP contribution in [-0.2, 0) is 0 Å². The zero-order valence-corrected chi connectivity index (χ0v) is 11.7. The monoisotopic (exact) mass is 278 g/mol. The number of rotatable bonds is 5. The SMILES string of the molecule is CSCCC(C)Nc1c(Cl)cc(N)cc1Cl. The standard InChI is InChI=1S/C11H16Cl2N2S/c1-7(3-4-16-2)15-11-9(12)5-8(14)6-10(11)13/h5-7,15H,3-4,14H2,1-2H3. The first-order valence-corrected chi connectivity index (χ1v) is 7.19. The molecule has 0 heterocycles. The first-order chi connectivity index (χ1) is 7.54. The van der Waals surface area contributed by atoms with Crippen LogP contribution in [0.4, 0.5) is 11.4 Å². The zero-order valence-electron chi connectivity index (χ0n) is 9.39. The van der Waals surface area contributed by atoms with Gasteiger partial charge in [0.15, 0.2) is 0 Å². The molecule has 5 heteroatoms. The highest BCUT2D eigenvalue weighted by atomic mass is 35.5. The summed E-state index contributed by atoms with van der Waals surface area (Å²) in [5, 5.41) is 4.45. The molecule has 1 aromatic carbocycles. The van der Waals surface area contributed by atoms with Crippen molar-refractivity contribution >= 4 is 46.3 Å². The third-order valence-corrected chi connectivity index (χ3v) is 3.45. The summed E-state index contributed by atoms with van der Waals surface area (Å²) in [5.74, 6) is 1.11. The Morgan fingerprint density at radius 2 is 1.94 bits per heavy atom. The molecule has 0 amide bonds. The molecule has 16 heavy (non-hydrogen) atoms. The molecule has 90 valence electrons. The Morgan fingerprint density at radius 1 is 1.38 bits per heavy atom. The maximum atomic E-state index is 6.08. The number of nitrogens with one attached hydrogen (secondary N) is 1. The molecule has 1 unspecified atom stereocenters. The Labute approximate surface area is 111 Å². The topological polar surface area (TPSA) is 38.0 Å². The molecule has 1 aromatic rings. The quantitative estimate of drug-likeness (QED) is 0.796. The summed E-state index contributed by atoms with van der Waals surface area (Å²) in [6.45, 7) is 2.11. The van der Waals surface area contributed by atoms with Crippen molar-refractivity contribution in [1.82, 2.24) is 0 Å². The van der Waals surface area contributed by atoms with E-state index in [2.05, 4.69) is 18.5 Å². The molecule has 0 fully saturated rings. The van der Waals surface area contributed by atoms with E-state index in [0.29, 0.717) is 21.8 Å². The smallest absolute Gasteiger partial charge is 0.0722 e. The Morgan fingerprint density at radius 3 is 2.44 bits per heavy atom. The predicted molar refractivity (Wildman–Crippen MR) is 77.0 cm³/mol. The first kappa shape index (κ1) is 13.8. The van der Waals surface area contributed by atoms with Gasteiger partial charge in [0.2, 0.25) is 0 Å². The van der Waals surface area contributed by atoms with Crippen molar-refractivity contribution in [2.75, 3.05) is 23.1 Å². The van der Waals surface area contributed by atoms with Gasteiger partial charge in [-0.3, -0.25) is 0 Å². The van der Waals surface area contributed by atoms with Gasteiger partial charge in [-0.2, -0.15) is 11.8 Å². The lowest BCUT2D eigenvalue weighted by molar-refractivity contribution is 0.772. The van der Waals surface area contributed by atoms with Gasteiger partial charge in [0.25, 0.3) is 0 Å². The molecule has 0 aliphatic rings. The first-order valence-electron chi connectivity index (χ1n) is 5.04. The van der Waals surface area contributed by atoms with Crippen LogP contribution in [0.2, 0.25) is 10.0 Å². The van der Waals surface area contributed by atoms with Crippen LogP contribution in [0.1, 0.15) is 13.3 Å². The predicted octanol–water partition coefficient (Wildman–Crippen LogP) is 4.13. The number of thioether (sulfide) groups is 1. The van der Waals surface area contributed by atoms with E-state index in [4.69, 9.17) is 28.9 Å². The van der Waals surface area contributed by atoms with Gasteiger partial charge in [0, 0.05) is 11.7 Å². The summed E-state index contributed by atoms with van der Waals surface area (Å²) in [6.07, 6.45) is 3.16. The second kappa shape index (κ2) is 6.48. The molecule has 0 saturated heterocycles. The third kappa shape index (κ3) is 3.96. The van der Waals surface area contributed by atoms with Crippen molar-refractivity contribution in [3.8, 4) is 0 Å². The highest BCUT2D eigenvalue weighted by Gasteiger charge is 2.10. The van der Waals surface area contributed by atoms with Crippen LogP contribution >= 0.6 is 35.0 Å². The van der Waals surface area contributed by atoms with E-state index in [9.17, 15) is 0 Å². The lowest BCUT2D eigenvalue weighted by atomic mass is 10.2. The van der Waals surface area contributed by atoms with E-state index in [1.165, 1.54) is 0 Å². The minimum Gasteiger partial charge on any atom is -0.399 e. The minimum atomic E-state index is 0.339. The molecule has 0 saturated carbocycles. The van der Waals surface area contributed by atoms with Crippen LogP contribution < -0.4 is 11.1 Å². The number of hydrogen-bond acceptors (Lipinski definition) is 3. The maximum absolute atomic E-state index is 6.08. The number of hydrogen-bond donors (Lipinski definition) is 2. The Bertz CT molecular complexity index is 335. The van der Waals surface area contributed by atoms with Crippen LogP contribution in [0.5, 0.6) is 0 Å². The van der Waals surface area contributed by atoms with Crippen molar-refractivity contribution in [3.05, 3.63) is 22.2 Å². The van der Waals surface area contributed by atoms with Crippen molar-refractivity contribution in [3.63, 3.8) is 0 Å². The maximum Gasteiger partial charge on any atom is 0.0722 e. The Hall–Kier alpha value is -0.250. The summed E-state index contributed by atoms with van der Waals surface area (Å²) >= 11 is 14.0. The van der Waals surface area contributed by atoms with Crippen LogP contribution in [0, 0.1) is 0 Å². The van der Waals surface area contributed by atoms with Crippen molar-refractivity contribution < 1.29 is 0 Å². The van der Waals surface area contributed by atoms with Gasteiger partial charge in [-0.1, -0.05) is 23.2 Å². The van der Waals surface area contributed by atoms with Crippen molar-refractivity contribution in [2.45, 2.75) is 19.4 Å². The summed E-state index contributed by atoms with van der Waals surface area (Å²) < 4.78 is 0. The normalized spacial score (nSPS) is 12.5. The van der Waals surface area contributed by atoms with Crippen LogP contribution in [0.3, 0.4) is 0 Å². The molecule has 2 nitrogen and oxygen atoms in total. The van der Waals surface area contributed by atoms with Crippen molar-refractivity contribution in [1.29, 1.82) is 0 Å². The second-order valence-electron chi connectivity index (χ2n) is 3.69. The molecule has 1 atom stereocenters. The Kier molecular flexibility index (Phi) is 5.59. The van der Waals surface area contributed by atoms with Gasteiger partial charge in [0.05, 0.1) is 15.7 Å². The van der Waals surface area contributed by atoms with E-state index < -0.39 is 0 Å². The number of nitrogens with two attached hydrogens (primary N) is 1. The van der Waals surface area contributed by atoms with E-state index in [-0.39, 0.29) is 0 Å². The lowest BCUT2D eigenvalue weighted by Crippen LogP contribution is -2.16. The summed E-state index contributed by atoms with van der Waals surface area (Å²) in [7, 11) is 0. The number of halogens is 2. The zero-order chi connectivity index (χ0) is 12.1. The fraction of sp³-hybridized carbons (Fsp3) is 0.455. The molecule has 0 spiro atoms. The second-order valence-corrected chi connectivity index (χ2v) is 5.49. The largest absolute Gasteiger partial charge is 0.399 e. The summed E-state index contributed by atoms with van der Waals surface area (Å²) in [6, 6.07) is 3.75. The molecular formula is C11H16Cl2N2S. The lowest BCUT2D eigenvalue weighted by Gasteiger charge is -2.17. The average molecular weight is 279 g/mol. The fourth-order valence-electron chi connectivity index (χ4n) is 1.34. The molecule has 0 radical (unpaired) electrons. The highest BCUT2D eigenvalue weighted by molar-refractivity contribution is 7.98. The van der Waals surface area contributed by atoms with Crippen LogP contribution in [-0.4, -0.2) is 18.1 Å². The number of benzene rings is 1. The minimum absolute atomic E-state index is 0.339. The van der Waals surface area contributed by atoms with E-state index in [1.807, 2.05) is 11.8 Å². The molecule has 0 aliphatic carbocycles. The molecule has 0 aromatic heterocycles.